The number of rotatable bonds is 5. The molecule has 1 atom stereocenters. The largest absolute Gasteiger partial charge is 0.497 e. The van der Waals surface area contributed by atoms with Crippen LogP contribution < -0.4 is 15.0 Å². The highest BCUT2D eigenvalue weighted by atomic mass is 16.5. The highest BCUT2D eigenvalue weighted by Gasteiger charge is 2.43. The number of piperazine rings is 1. The van der Waals surface area contributed by atoms with Crippen LogP contribution in [0, 0.1) is 5.92 Å². The Morgan fingerprint density at radius 2 is 1.75 bits per heavy atom. The van der Waals surface area contributed by atoms with E-state index in [2.05, 4.69) is 10.2 Å². The quantitative estimate of drug-likeness (QED) is 0.598. The molecule has 8 heteroatoms. The fraction of sp³-hybridized carbons (Fsp3) is 0.357. The van der Waals surface area contributed by atoms with Gasteiger partial charge in [0, 0.05) is 37.3 Å². The zero-order chi connectivity index (χ0) is 25.4. The van der Waals surface area contributed by atoms with Gasteiger partial charge in [-0.2, -0.15) is 0 Å². The summed E-state index contributed by atoms with van der Waals surface area (Å²) in [5.41, 5.74) is 1.84. The number of pyridine rings is 1. The van der Waals surface area contributed by atoms with Gasteiger partial charge in [0.25, 0.3) is 11.8 Å². The van der Waals surface area contributed by atoms with Crippen LogP contribution in [0.1, 0.15) is 36.8 Å². The van der Waals surface area contributed by atoms with Crippen LogP contribution in [-0.4, -0.2) is 66.4 Å². The number of ether oxygens (including phenoxy) is 1. The number of fused-ring (bicyclic) bond motifs is 1. The third-order valence-electron chi connectivity index (χ3n) is 7.34. The Labute approximate surface area is 211 Å². The Kier molecular flexibility index (Phi) is 6.12. The molecule has 1 saturated heterocycles. The molecule has 2 aliphatic rings. The molecule has 1 N–H and O–H groups in total. The monoisotopic (exact) mass is 485 g/mol. The Balaban J connectivity index is 1.44. The van der Waals surface area contributed by atoms with Gasteiger partial charge in [0.15, 0.2) is 5.84 Å². The summed E-state index contributed by atoms with van der Waals surface area (Å²) in [7, 11) is 1.65. The number of amides is 2. The number of methoxy groups -OCH3 is 1. The lowest BCUT2D eigenvalue weighted by atomic mass is 9.89. The number of aliphatic imine (C=N–C) groups is 1. The van der Waals surface area contributed by atoms with Crippen molar-refractivity contribution in [3.05, 3.63) is 65.9 Å². The molecule has 1 fully saturated rings. The normalized spacial score (nSPS) is 20.0. The van der Waals surface area contributed by atoms with Crippen LogP contribution >= 0.6 is 0 Å². The molecule has 186 valence electrons. The van der Waals surface area contributed by atoms with Gasteiger partial charge in [0.1, 0.15) is 17.0 Å². The number of benzene rings is 2. The van der Waals surface area contributed by atoms with E-state index in [9.17, 15) is 9.59 Å². The number of hydrogen-bond acceptors (Lipinski definition) is 6. The molecule has 0 spiro atoms. The number of aromatic nitrogens is 1. The summed E-state index contributed by atoms with van der Waals surface area (Å²) in [4.78, 5) is 40.3. The van der Waals surface area contributed by atoms with E-state index in [1.54, 1.807) is 7.11 Å². The molecule has 0 saturated carbocycles. The van der Waals surface area contributed by atoms with Gasteiger partial charge in [-0.1, -0.05) is 32.0 Å². The molecule has 3 heterocycles. The summed E-state index contributed by atoms with van der Waals surface area (Å²) in [6, 6.07) is 17.5. The summed E-state index contributed by atoms with van der Waals surface area (Å²) in [5, 5.41) is 3.78. The van der Waals surface area contributed by atoms with Gasteiger partial charge >= 0.3 is 0 Å². The van der Waals surface area contributed by atoms with Crippen LogP contribution in [0.4, 0.5) is 5.69 Å². The van der Waals surface area contributed by atoms with Gasteiger partial charge in [0.05, 0.1) is 18.2 Å². The first-order valence-corrected chi connectivity index (χ1v) is 12.3. The van der Waals surface area contributed by atoms with Gasteiger partial charge in [-0.15, -0.1) is 0 Å². The van der Waals surface area contributed by atoms with Crippen molar-refractivity contribution in [1.82, 2.24) is 15.2 Å². The second-order valence-corrected chi connectivity index (χ2v) is 9.77. The van der Waals surface area contributed by atoms with E-state index < -0.39 is 5.54 Å². The Bertz CT molecular complexity index is 1340. The zero-order valence-electron chi connectivity index (χ0n) is 21.1. The summed E-state index contributed by atoms with van der Waals surface area (Å²) in [6.45, 7) is 8.36. The number of anilines is 1. The number of amidine groups is 1. The van der Waals surface area contributed by atoms with Crippen LogP contribution in [0.5, 0.6) is 5.75 Å². The van der Waals surface area contributed by atoms with E-state index in [1.807, 2.05) is 80.3 Å². The average Bonchev–Trinajstić information content (AvgIpc) is 3.23. The molecule has 2 aromatic carbocycles. The lowest BCUT2D eigenvalue weighted by Crippen LogP contribution is -2.49. The fourth-order valence-electron chi connectivity index (χ4n) is 4.64. The molecule has 0 aliphatic carbocycles. The number of nitrogens with zero attached hydrogens (tertiary/aromatic N) is 4. The predicted octanol–water partition coefficient (Wildman–Crippen LogP) is 3.50. The minimum Gasteiger partial charge on any atom is -0.497 e. The number of para-hydroxylation sites is 1. The maximum absolute atomic E-state index is 13.8. The smallest absolute Gasteiger partial charge is 0.256 e. The van der Waals surface area contributed by atoms with Crippen molar-refractivity contribution in [2.75, 3.05) is 38.2 Å². The highest BCUT2D eigenvalue weighted by molar-refractivity contribution is 6.19. The summed E-state index contributed by atoms with van der Waals surface area (Å²) >= 11 is 0. The predicted molar refractivity (Wildman–Crippen MR) is 141 cm³/mol. The van der Waals surface area contributed by atoms with E-state index >= 15 is 0 Å². The van der Waals surface area contributed by atoms with Crippen LogP contribution in [0.2, 0.25) is 0 Å². The summed E-state index contributed by atoms with van der Waals surface area (Å²) < 4.78 is 5.26. The molecule has 0 unspecified atom stereocenters. The van der Waals surface area contributed by atoms with E-state index in [0.29, 0.717) is 30.2 Å². The van der Waals surface area contributed by atoms with E-state index in [4.69, 9.17) is 14.7 Å². The Hall–Kier alpha value is -3.94. The van der Waals surface area contributed by atoms with Crippen molar-refractivity contribution in [2.24, 2.45) is 10.9 Å². The molecule has 8 nitrogen and oxygen atoms in total. The van der Waals surface area contributed by atoms with Crippen molar-refractivity contribution in [1.29, 1.82) is 0 Å². The summed E-state index contributed by atoms with van der Waals surface area (Å²) in [5.74, 6) is 0.906. The molecule has 2 amide bonds. The topological polar surface area (TPSA) is 87.1 Å². The average molecular weight is 486 g/mol. The standard InChI is InChI=1S/C28H31N5O3/c1-18(2)28(3)27(35)30-25(31-28)24-22(17-19-7-5-6-8-23(19)29-24)26(34)33-15-13-32(14-16-33)20-9-11-21(36-4)12-10-20/h5-12,17-18H,13-16H2,1-4H3,(H,30,31,35)/t28-/m1/s1. The molecule has 0 radical (unpaired) electrons. The molecule has 3 aromatic rings. The molecule has 2 aliphatic heterocycles. The lowest BCUT2D eigenvalue weighted by Gasteiger charge is -2.36. The van der Waals surface area contributed by atoms with Crippen molar-refractivity contribution >= 4 is 34.2 Å². The van der Waals surface area contributed by atoms with Crippen LogP contribution in [0.25, 0.3) is 10.9 Å². The molecule has 0 bridgehead atoms. The molecule has 5 rings (SSSR count). The van der Waals surface area contributed by atoms with Crippen molar-refractivity contribution in [3.8, 4) is 5.75 Å². The molecular weight excluding hydrogens is 454 g/mol. The van der Waals surface area contributed by atoms with Crippen molar-refractivity contribution in [2.45, 2.75) is 26.3 Å². The van der Waals surface area contributed by atoms with Crippen LogP contribution in [-0.2, 0) is 4.79 Å². The third-order valence-corrected chi connectivity index (χ3v) is 7.34. The number of carbonyl (C=O) groups excluding carboxylic acids is 2. The zero-order valence-corrected chi connectivity index (χ0v) is 21.1. The third kappa shape index (κ3) is 4.17. The van der Waals surface area contributed by atoms with Crippen molar-refractivity contribution in [3.63, 3.8) is 0 Å². The highest BCUT2D eigenvalue weighted by Crippen LogP contribution is 2.29. The number of carbonyl (C=O) groups is 2. The van der Waals surface area contributed by atoms with Gasteiger partial charge < -0.3 is 19.9 Å². The molecule has 1 aromatic heterocycles. The maximum atomic E-state index is 13.8. The lowest BCUT2D eigenvalue weighted by molar-refractivity contribution is -0.124. The minimum atomic E-state index is -0.896. The van der Waals surface area contributed by atoms with Gasteiger partial charge in [-0.3, -0.25) is 9.59 Å². The van der Waals surface area contributed by atoms with Crippen LogP contribution in [0.3, 0.4) is 0 Å². The summed E-state index contributed by atoms with van der Waals surface area (Å²) in [6.07, 6.45) is 0. The molecular formula is C28H31N5O3. The van der Waals surface area contributed by atoms with Gasteiger partial charge in [0.2, 0.25) is 0 Å². The number of nitrogens with one attached hydrogen (secondary N) is 1. The van der Waals surface area contributed by atoms with Crippen molar-refractivity contribution < 1.29 is 14.3 Å². The SMILES string of the molecule is COc1ccc(N2CCN(C(=O)c3cc4ccccc4nc3C3=N[C@](C)(C(C)C)C(=O)N3)CC2)cc1. The van der Waals surface area contributed by atoms with E-state index in [-0.39, 0.29) is 17.7 Å². The van der Waals surface area contributed by atoms with E-state index in [1.165, 1.54) is 0 Å². The van der Waals surface area contributed by atoms with Crippen LogP contribution in [0.15, 0.2) is 59.6 Å². The minimum absolute atomic E-state index is 0.000593. The van der Waals surface area contributed by atoms with E-state index in [0.717, 1.165) is 35.4 Å². The first kappa shape index (κ1) is 23.8. The fourth-order valence-corrected chi connectivity index (χ4v) is 4.64. The molecule has 36 heavy (non-hydrogen) atoms. The number of hydrogen-bond donors (Lipinski definition) is 1. The Morgan fingerprint density at radius 1 is 1.06 bits per heavy atom. The first-order valence-electron chi connectivity index (χ1n) is 12.3. The van der Waals surface area contributed by atoms with Gasteiger partial charge in [-0.25, -0.2) is 9.98 Å². The Morgan fingerprint density at radius 3 is 2.39 bits per heavy atom. The first-order chi connectivity index (χ1) is 17.3. The maximum Gasteiger partial charge on any atom is 0.256 e. The van der Waals surface area contributed by atoms with Gasteiger partial charge in [-0.05, 0) is 49.2 Å². The second kappa shape index (κ2) is 9.26. The second-order valence-electron chi connectivity index (χ2n) is 9.77.